The standard InChI is InChI=1S/C27H30F4N4O4/c1-14-11-20(36)24-21(14)23(32-13-33-24)15-6-9-34(10-7-15)25(37)22(19-3-2-8-35(19)26(38)39)16-4-5-17(18(28)12-16)27(29,30)31/h4-5,12-15,19-20,22,36H,2-3,6-11H2,1H3,(H,38,39)/t14-,19+,20-,22+/m1/s1. The Hall–Kier alpha value is -3.28. The highest BCUT2D eigenvalue weighted by Crippen LogP contribution is 2.44. The van der Waals surface area contributed by atoms with Crippen LogP contribution < -0.4 is 0 Å². The molecule has 8 nitrogen and oxygen atoms in total. The molecule has 0 saturated carbocycles. The first-order valence-corrected chi connectivity index (χ1v) is 13.1. The number of fused-ring (bicyclic) bond motifs is 1. The van der Waals surface area contributed by atoms with E-state index in [0.29, 0.717) is 63.0 Å². The van der Waals surface area contributed by atoms with E-state index in [1.165, 1.54) is 6.33 Å². The zero-order chi connectivity index (χ0) is 28.1. The lowest BCUT2D eigenvalue weighted by Crippen LogP contribution is -2.48. The van der Waals surface area contributed by atoms with Crippen LogP contribution >= 0.6 is 0 Å². The molecule has 2 aromatic rings. The number of aliphatic hydroxyl groups is 1. The van der Waals surface area contributed by atoms with Crippen molar-refractivity contribution in [2.75, 3.05) is 19.6 Å². The predicted octanol–water partition coefficient (Wildman–Crippen LogP) is 4.81. The molecule has 0 radical (unpaired) electrons. The highest BCUT2D eigenvalue weighted by Gasteiger charge is 2.43. The van der Waals surface area contributed by atoms with Crippen LogP contribution in [0.5, 0.6) is 0 Å². The summed E-state index contributed by atoms with van der Waals surface area (Å²) in [5, 5.41) is 20.0. The number of carbonyl (C=O) groups is 2. The van der Waals surface area contributed by atoms with Gasteiger partial charge in [0.25, 0.3) is 0 Å². The molecule has 2 fully saturated rings. The van der Waals surface area contributed by atoms with Crippen LogP contribution in [0.4, 0.5) is 22.4 Å². The van der Waals surface area contributed by atoms with Crippen molar-refractivity contribution in [1.29, 1.82) is 0 Å². The van der Waals surface area contributed by atoms with Gasteiger partial charge in [-0.05, 0) is 55.7 Å². The first-order valence-electron chi connectivity index (χ1n) is 13.1. The molecule has 39 heavy (non-hydrogen) atoms. The van der Waals surface area contributed by atoms with Crippen LogP contribution in [0.15, 0.2) is 24.5 Å². The molecule has 2 saturated heterocycles. The van der Waals surface area contributed by atoms with Crippen LogP contribution in [0, 0.1) is 5.82 Å². The van der Waals surface area contributed by atoms with E-state index in [1.807, 2.05) is 6.92 Å². The number of carboxylic acid groups (broad SMARTS) is 1. The molecule has 1 aromatic carbocycles. The maximum atomic E-state index is 14.6. The lowest BCUT2D eigenvalue weighted by atomic mass is 9.85. The molecule has 4 atom stereocenters. The molecule has 0 bridgehead atoms. The summed E-state index contributed by atoms with van der Waals surface area (Å²) in [6.07, 6.45) is -2.75. The van der Waals surface area contributed by atoms with E-state index in [2.05, 4.69) is 9.97 Å². The molecule has 3 heterocycles. The molecule has 1 aliphatic carbocycles. The van der Waals surface area contributed by atoms with E-state index in [-0.39, 0.29) is 23.9 Å². The number of likely N-dealkylation sites (tertiary alicyclic amines) is 2. The number of benzene rings is 1. The fraction of sp³-hybridized carbons (Fsp3) is 0.556. The Balaban J connectivity index is 1.40. The van der Waals surface area contributed by atoms with Crippen LogP contribution in [0.3, 0.4) is 0 Å². The molecular weight excluding hydrogens is 520 g/mol. The van der Waals surface area contributed by atoms with Crippen molar-refractivity contribution in [3.05, 3.63) is 58.4 Å². The first-order chi connectivity index (χ1) is 18.5. The summed E-state index contributed by atoms with van der Waals surface area (Å²) in [5.74, 6) is -2.92. The second kappa shape index (κ2) is 10.4. The summed E-state index contributed by atoms with van der Waals surface area (Å²) in [6.45, 7) is 2.87. The van der Waals surface area contributed by atoms with E-state index < -0.39 is 47.6 Å². The second-order valence-corrected chi connectivity index (χ2v) is 10.7. The van der Waals surface area contributed by atoms with E-state index in [9.17, 15) is 37.4 Å². The Labute approximate surface area is 222 Å². The van der Waals surface area contributed by atoms with Gasteiger partial charge in [-0.3, -0.25) is 4.79 Å². The molecule has 2 N–H and O–H groups in total. The summed E-state index contributed by atoms with van der Waals surface area (Å²) >= 11 is 0. The third-order valence-electron chi connectivity index (χ3n) is 8.38. The minimum Gasteiger partial charge on any atom is -0.465 e. The topological polar surface area (TPSA) is 107 Å². The number of hydrogen-bond donors (Lipinski definition) is 2. The normalized spacial score (nSPS) is 24.6. The summed E-state index contributed by atoms with van der Waals surface area (Å²) in [6, 6.07) is 1.60. The number of piperidine rings is 1. The highest BCUT2D eigenvalue weighted by atomic mass is 19.4. The third-order valence-corrected chi connectivity index (χ3v) is 8.38. The van der Waals surface area contributed by atoms with Gasteiger partial charge in [0.15, 0.2) is 0 Å². The number of aromatic nitrogens is 2. The first kappa shape index (κ1) is 27.3. The lowest BCUT2D eigenvalue weighted by Gasteiger charge is -2.37. The molecule has 5 rings (SSSR count). The molecule has 2 amide bonds. The molecule has 210 valence electrons. The van der Waals surface area contributed by atoms with Gasteiger partial charge in [-0.25, -0.2) is 19.2 Å². The fourth-order valence-corrected chi connectivity index (χ4v) is 6.51. The van der Waals surface area contributed by atoms with Gasteiger partial charge < -0.3 is 20.0 Å². The lowest BCUT2D eigenvalue weighted by molar-refractivity contribution is -0.140. The second-order valence-electron chi connectivity index (χ2n) is 10.7. The SMILES string of the molecule is C[C@@H]1C[C@@H](O)c2ncnc(C3CCN(C(=O)[C@@H](c4ccc(C(F)(F)F)c(F)c4)[C@@H]4CCCN4C(=O)O)CC3)c21. The van der Waals surface area contributed by atoms with Gasteiger partial charge in [-0.2, -0.15) is 13.2 Å². The van der Waals surface area contributed by atoms with Crippen LogP contribution in [-0.2, 0) is 11.0 Å². The van der Waals surface area contributed by atoms with Crippen molar-refractivity contribution in [2.24, 2.45) is 0 Å². The molecular formula is C27H30F4N4O4. The van der Waals surface area contributed by atoms with Gasteiger partial charge >= 0.3 is 12.3 Å². The van der Waals surface area contributed by atoms with Gasteiger partial charge in [-0.1, -0.05) is 13.0 Å². The smallest absolute Gasteiger partial charge is 0.419 e. The molecule has 0 spiro atoms. The van der Waals surface area contributed by atoms with Crippen molar-refractivity contribution in [3.8, 4) is 0 Å². The van der Waals surface area contributed by atoms with Gasteiger partial charge in [0.05, 0.1) is 35.0 Å². The molecule has 2 aliphatic heterocycles. The van der Waals surface area contributed by atoms with E-state index >= 15 is 0 Å². The van der Waals surface area contributed by atoms with Crippen LogP contribution in [-0.4, -0.2) is 67.7 Å². The summed E-state index contributed by atoms with van der Waals surface area (Å²) in [5.41, 5.74) is 1.06. The Morgan fingerprint density at radius 3 is 2.41 bits per heavy atom. The Morgan fingerprint density at radius 1 is 1.08 bits per heavy atom. The average molecular weight is 551 g/mol. The summed E-state index contributed by atoms with van der Waals surface area (Å²) < 4.78 is 54.1. The average Bonchev–Trinajstić information content (AvgIpc) is 3.48. The highest BCUT2D eigenvalue weighted by molar-refractivity contribution is 5.85. The Kier molecular flexibility index (Phi) is 7.25. The van der Waals surface area contributed by atoms with Crippen molar-refractivity contribution in [2.45, 2.75) is 75.1 Å². The summed E-state index contributed by atoms with van der Waals surface area (Å²) in [4.78, 5) is 37.3. The predicted molar refractivity (Wildman–Crippen MR) is 130 cm³/mol. The number of rotatable bonds is 4. The van der Waals surface area contributed by atoms with Crippen LogP contribution in [0.25, 0.3) is 0 Å². The quantitative estimate of drug-likeness (QED) is 0.530. The third kappa shape index (κ3) is 5.06. The van der Waals surface area contributed by atoms with Crippen molar-refractivity contribution in [3.63, 3.8) is 0 Å². The monoisotopic (exact) mass is 550 g/mol. The molecule has 3 aliphatic rings. The number of hydrogen-bond acceptors (Lipinski definition) is 5. The summed E-state index contributed by atoms with van der Waals surface area (Å²) in [7, 11) is 0. The maximum Gasteiger partial charge on any atom is 0.419 e. The Bertz CT molecular complexity index is 1260. The molecule has 1 aromatic heterocycles. The van der Waals surface area contributed by atoms with E-state index in [4.69, 9.17) is 0 Å². The van der Waals surface area contributed by atoms with Crippen molar-refractivity contribution in [1.82, 2.24) is 19.8 Å². The largest absolute Gasteiger partial charge is 0.465 e. The number of amides is 2. The number of aliphatic hydroxyl groups excluding tert-OH is 1. The zero-order valence-corrected chi connectivity index (χ0v) is 21.4. The van der Waals surface area contributed by atoms with Gasteiger partial charge in [0, 0.05) is 31.1 Å². The van der Waals surface area contributed by atoms with Gasteiger partial charge in [0.2, 0.25) is 5.91 Å². The number of alkyl halides is 3. The minimum absolute atomic E-state index is 0.0298. The number of halogens is 4. The van der Waals surface area contributed by atoms with Gasteiger partial charge in [0.1, 0.15) is 12.1 Å². The van der Waals surface area contributed by atoms with Crippen LogP contribution in [0.2, 0.25) is 0 Å². The maximum absolute atomic E-state index is 14.6. The zero-order valence-electron chi connectivity index (χ0n) is 21.4. The van der Waals surface area contributed by atoms with Crippen molar-refractivity contribution >= 4 is 12.0 Å². The van der Waals surface area contributed by atoms with E-state index in [0.717, 1.165) is 22.2 Å². The molecule has 0 unspecified atom stereocenters. The van der Waals surface area contributed by atoms with Gasteiger partial charge in [-0.15, -0.1) is 0 Å². The number of carbonyl (C=O) groups excluding carboxylic acids is 1. The fourth-order valence-electron chi connectivity index (χ4n) is 6.51. The number of nitrogens with zero attached hydrogens (tertiary/aromatic N) is 4. The van der Waals surface area contributed by atoms with Crippen molar-refractivity contribution < 1.29 is 37.4 Å². The van der Waals surface area contributed by atoms with E-state index in [1.54, 1.807) is 4.90 Å². The molecule has 12 heteroatoms. The minimum atomic E-state index is -4.89. The Morgan fingerprint density at radius 2 is 1.77 bits per heavy atom. The van der Waals surface area contributed by atoms with Crippen LogP contribution in [0.1, 0.15) is 91.0 Å².